The molecule has 2 rings (SSSR count). The molecule has 1 saturated heterocycles. The molecule has 0 amide bonds. The van der Waals surface area contributed by atoms with E-state index in [1.54, 1.807) is 6.34 Å². The minimum atomic E-state index is -0.392. The van der Waals surface area contributed by atoms with E-state index < -0.39 is 6.23 Å². The van der Waals surface area contributed by atoms with Gasteiger partial charge in [-0.2, -0.15) is 0 Å². The Hall–Kier alpha value is -1.11. The van der Waals surface area contributed by atoms with Gasteiger partial charge in [0.05, 0.1) is 6.34 Å². The minimum absolute atomic E-state index is 0.0476. The van der Waals surface area contributed by atoms with Crippen LogP contribution >= 0.6 is 0 Å². The predicted molar refractivity (Wildman–Crippen MR) is 76.6 cm³/mol. The number of piperazine rings is 1. The average Bonchev–Trinajstić information content (AvgIpc) is 2.37. The number of nitrogens with one attached hydrogen (secondary N) is 2. The summed E-state index contributed by atoms with van der Waals surface area (Å²) in [4.78, 5) is 8.85. The second-order valence-electron chi connectivity index (χ2n) is 5.78. The molecule has 2 aliphatic rings. The van der Waals surface area contributed by atoms with Gasteiger partial charge >= 0.3 is 0 Å². The summed E-state index contributed by atoms with van der Waals surface area (Å²) in [5, 5.41) is 16.0. The number of aliphatic hydroxyl groups excluding tert-OH is 1. The van der Waals surface area contributed by atoms with Crippen LogP contribution in [0.25, 0.3) is 0 Å². The molecule has 3 N–H and O–H groups in total. The summed E-state index contributed by atoms with van der Waals surface area (Å²) in [6.07, 6.45) is 3.57. The first-order chi connectivity index (χ1) is 8.94. The molecular weight excluding hydrogens is 242 g/mol. The van der Waals surface area contributed by atoms with E-state index in [-0.39, 0.29) is 11.7 Å². The average molecular weight is 267 g/mol. The third kappa shape index (κ3) is 3.08. The van der Waals surface area contributed by atoms with E-state index in [0.717, 1.165) is 25.5 Å². The van der Waals surface area contributed by atoms with Gasteiger partial charge in [0, 0.05) is 25.2 Å². The largest absolute Gasteiger partial charge is 0.379 e. The van der Waals surface area contributed by atoms with E-state index in [0.29, 0.717) is 0 Å². The van der Waals surface area contributed by atoms with Crippen molar-refractivity contribution in [2.75, 3.05) is 26.7 Å². The fourth-order valence-electron chi connectivity index (χ4n) is 2.69. The van der Waals surface area contributed by atoms with E-state index in [2.05, 4.69) is 45.3 Å². The Morgan fingerprint density at radius 2 is 2.26 bits per heavy atom. The fourth-order valence-corrected chi connectivity index (χ4v) is 2.69. The van der Waals surface area contributed by atoms with Crippen LogP contribution in [0.3, 0.4) is 0 Å². The Bertz CT molecular complexity index is 377. The van der Waals surface area contributed by atoms with Crippen molar-refractivity contribution in [1.82, 2.24) is 20.4 Å². The van der Waals surface area contributed by atoms with Gasteiger partial charge in [-0.25, -0.2) is 4.99 Å². The van der Waals surface area contributed by atoms with Crippen molar-refractivity contribution in [1.29, 1.82) is 0 Å². The first kappa shape index (κ1) is 14.3. The van der Waals surface area contributed by atoms with Crippen LogP contribution in [0.4, 0.5) is 0 Å². The Morgan fingerprint density at radius 3 is 2.84 bits per heavy atom. The molecule has 19 heavy (non-hydrogen) atoms. The van der Waals surface area contributed by atoms with Crippen LogP contribution in [-0.2, 0) is 0 Å². The number of aliphatic imine (C=N–C) groups is 1. The monoisotopic (exact) mass is 267 g/mol. The molecule has 1 fully saturated rings. The van der Waals surface area contributed by atoms with Crippen LogP contribution in [0.5, 0.6) is 0 Å². The number of likely N-dealkylation sites (N-methyl/N-ethyl adjacent to an activating group) is 1. The zero-order valence-corrected chi connectivity index (χ0v) is 12.2. The molecule has 6 nitrogen and oxygen atoms in total. The number of rotatable bonds is 3. The summed E-state index contributed by atoms with van der Waals surface area (Å²) in [6, 6.07) is 0. The van der Waals surface area contributed by atoms with Crippen molar-refractivity contribution in [3.05, 3.63) is 11.9 Å². The second kappa shape index (κ2) is 5.48. The summed E-state index contributed by atoms with van der Waals surface area (Å²) in [5.41, 5.74) is -0.0476. The molecule has 0 aromatic heterocycles. The lowest BCUT2D eigenvalue weighted by Crippen LogP contribution is -2.60. The topological polar surface area (TPSA) is 63.1 Å². The SMILES string of the molecule is CNC1C=C(N2CCN(C(C)O)CC2(C)C)N=CN1. The van der Waals surface area contributed by atoms with E-state index in [1.165, 1.54) is 0 Å². The highest BCUT2D eigenvalue weighted by Crippen LogP contribution is 2.27. The summed E-state index contributed by atoms with van der Waals surface area (Å²) in [5.74, 6) is 0.994. The molecule has 0 saturated carbocycles. The summed E-state index contributed by atoms with van der Waals surface area (Å²) in [6.45, 7) is 8.76. The highest BCUT2D eigenvalue weighted by atomic mass is 16.3. The first-order valence-electron chi connectivity index (χ1n) is 6.81. The highest BCUT2D eigenvalue weighted by Gasteiger charge is 2.36. The van der Waals surface area contributed by atoms with Gasteiger partial charge in [-0.05, 0) is 33.9 Å². The van der Waals surface area contributed by atoms with Crippen LogP contribution in [0, 0.1) is 0 Å². The van der Waals surface area contributed by atoms with E-state index in [4.69, 9.17) is 0 Å². The molecule has 0 bridgehead atoms. The maximum absolute atomic E-state index is 9.73. The van der Waals surface area contributed by atoms with E-state index >= 15 is 0 Å². The zero-order valence-electron chi connectivity index (χ0n) is 12.2. The van der Waals surface area contributed by atoms with E-state index in [9.17, 15) is 5.11 Å². The molecule has 108 valence electrons. The molecule has 2 atom stereocenters. The van der Waals surface area contributed by atoms with Crippen LogP contribution in [-0.4, -0.2) is 65.9 Å². The van der Waals surface area contributed by atoms with Gasteiger partial charge in [-0.15, -0.1) is 0 Å². The maximum atomic E-state index is 9.73. The second-order valence-corrected chi connectivity index (χ2v) is 5.78. The maximum Gasteiger partial charge on any atom is 0.130 e. The number of aliphatic hydroxyl groups is 1. The van der Waals surface area contributed by atoms with Gasteiger partial charge in [0.15, 0.2) is 0 Å². The predicted octanol–water partition coefficient (Wildman–Crippen LogP) is -0.261. The van der Waals surface area contributed by atoms with Crippen molar-refractivity contribution in [3.8, 4) is 0 Å². The molecule has 0 radical (unpaired) electrons. The fraction of sp³-hybridized carbons (Fsp3) is 0.769. The van der Waals surface area contributed by atoms with Gasteiger partial charge in [0.2, 0.25) is 0 Å². The molecule has 0 aromatic rings. The van der Waals surface area contributed by atoms with Gasteiger partial charge in [-0.3, -0.25) is 10.2 Å². The van der Waals surface area contributed by atoms with Crippen molar-refractivity contribution in [2.45, 2.75) is 38.7 Å². The van der Waals surface area contributed by atoms with Gasteiger partial charge < -0.3 is 15.3 Å². The molecule has 2 heterocycles. The molecule has 2 unspecified atom stereocenters. The molecule has 6 heteroatoms. The van der Waals surface area contributed by atoms with Gasteiger partial charge in [0.25, 0.3) is 0 Å². The quantitative estimate of drug-likeness (QED) is 0.657. The summed E-state index contributed by atoms with van der Waals surface area (Å²) in [7, 11) is 1.92. The van der Waals surface area contributed by atoms with Crippen LogP contribution in [0.15, 0.2) is 16.9 Å². The third-order valence-corrected chi connectivity index (χ3v) is 3.81. The van der Waals surface area contributed by atoms with Crippen LogP contribution < -0.4 is 10.6 Å². The lowest BCUT2D eigenvalue weighted by molar-refractivity contribution is -0.0499. The molecular formula is C13H25N5O. The number of hydrogen-bond donors (Lipinski definition) is 3. The lowest BCUT2D eigenvalue weighted by Gasteiger charge is -2.49. The molecule has 0 aliphatic carbocycles. The van der Waals surface area contributed by atoms with Crippen LogP contribution in [0.1, 0.15) is 20.8 Å². The van der Waals surface area contributed by atoms with Crippen molar-refractivity contribution >= 4 is 6.34 Å². The Kier molecular flexibility index (Phi) is 4.13. The Labute approximate surface area is 115 Å². The van der Waals surface area contributed by atoms with Gasteiger partial charge in [0.1, 0.15) is 18.2 Å². The third-order valence-electron chi connectivity index (χ3n) is 3.81. The Balaban J connectivity index is 2.13. The normalized spacial score (nSPS) is 28.8. The minimum Gasteiger partial charge on any atom is -0.379 e. The highest BCUT2D eigenvalue weighted by molar-refractivity contribution is 5.58. The van der Waals surface area contributed by atoms with Crippen molar-refractivity contribution < 1.29 is 5.11 Å². The number of hydrogen-bond acceptors (Lipinski definition) is 6. The molecule has 0 aromatic carbocycles. The number of nitrogens with zero attached hydrogens (tertiary/aromatic N) is 3. The lowest BCUT2D eigenvalue weighted by atomic mass is 9.98. The van der Waals surface area contributed by atoms with Crippen molar-refractivity contribution in [3.63, 3.8) is 0 Å². The zero-order chi connectivity index (χ0) is 14.0. The summed E-state index contributed by atoms with van der Waals surface area (Å²) < 4.78 is 0. The first-order valence-corrected chi connectivity index (χ1v) is 6.81. The van der Waals surface area contributed by atoms with E-state index in [1.807, 2.05) is 14.0 Å². The van der Waals surface area contributed by atoms with Crippen LogP contribution in [0.2, 0.25) is 0 Å². The van der Waals surface area contributed by atoms with Gasteiger partial charge in [-0.1, -0.05) is 0 Å². The molecule has 0 spiro atoms. The standard InChI is InChI=1S/C13H25N5O/c1-10(19)17-5-6-18(13(2,3)8-17)12-7-11(14-4)15-9-16-12/h7,9-11,14,19H,5-6,8H2,1-4H3,(H,15,16). The summed E-state index contributed by atoms with van der Waals surface area (Å²) >= 11 is 0. The Morgan fingerprint density at radius 1 is 1.53 bits per heavy atom. The van der Waals surface area contributed by atoms with Crippen molar-refractivity contribution in [2.24, 2.45) is 4.99 Å². The smallest absolute Gasteiger partial charge is 0.130 e. The molecule has 2 aliphatic heterocycles.